The number of alkyl halides is 5. The van der Waals surface area contributed by atoms with Crippen LogP contribution < -0.4 is 5.32 Å². The second-order valence-corrected chi connectivity index (χ2v) is 9.06. The molecule has 7 nitrogen and oxygen atoms in total. The lowest BCUT2D eigenvalue weighted by Crippen LogP contribution is -2.38. The number of halogens is 5. The van der Waals surface area contributed by atoms with Crippen molar-refractivity contribution in [2.75, 3.05) is 18.5 Å². The summed E-state index contributed by atoms with van der Waals surface area (Å²) in [6, 6.07) is 3.95. The number of rotatable bonds is 5. The van der Waals surface area contributed by atoms with Crippen molar-refractivity contribution in [3.05, 3.63) is 29.8 Å². The number of nitrogens with one attached hydrogen (secondary N) is 1. The predicted octanol–water partition coefficient (Wildman–Crippen LogP) is 2.65. The Labute approximate surface area is 190 Å². The van der Waals surface area contributed by atoms with Crippen LogP contribution in [0.5, 0.6) is 0 Å². The second-order valence-electron chi connectivity index (χ2n) is 8.05. The zero-order valence-corrected chi connectivity index (χ0v) is 17.8. The summed E-state index contributed by atoms with van der Waals surface area (Å²) in [5, 5.41) is 1.34. The van der Waals surface area contributed by atoms with E-state index in [1.54, 1.807) is 0 Å². The highest BCUT2D eigenvalue weighted by Gasteiger charge is 2.66. The molecule has 1 aliphatic heterocycles. The molecule has 0 aromatic heterocycles. The van der Waals surface area contributed by atoms with Gasteiger partial charge in [-0.3, -0.25) is 24.1 Å². The van der Waals surface area contributed by atoms with E-state index in [1.165, 1.54) is 6.07 Å². The highest BCUT2D eigenvalue weighted by Crippen LogP contribution is 2.59. The van der Waals surface area contributed by atoms with Gasteiger partial charge in [0.05, 0.1) is 28.2 Å². The van der Waals surface area contributed by atoms with Gasteiger partial charge in [0.25, 0.3) is 5.91 Å². The Kier molecular flexibility index (Phi) is 5.87. The summed E-state index contributed by atoms with van der Waals surface area (Å²) in [6.45, 7) is -1.46. The highest BCUT2D eigenvalue weighted by atomic mass is 35.5. The minimum atomic E-state index is -4.58. The Balaban J connectivity index is 1.31. The normalized spacial score (nSPS) is 31.1. The molecule has 4 rings (SSSR count). The molecule has 0 spiro atoms. The van der Waals surface area contributed by atoms with Crippen molar-refractivity contribution in [3.8, 4) is 0 Å². The van der Waals surface area contributed by atoms with Gasteiger partial charge in [-0.1, -0.05) is 6.07 Å². The summed E-state index contributed by atoms with van der Waals surface area (Å²) in [4.78, 5) is 50.2. The number of anilines is 1. The zero-order valence-electron chi connectivity index (χ0n) is 16.3. The number of fused-ring (bicyclic) bond motifs is 5. The SMILES string of the molecule is O=C(COC(=O)CN1C(=O)[C@@H]2[C@H]3C[C@@H]([C@H](Cl)[C@H]3Cl)[C@H]2C1=O)Nc1cccc(C(F)(F)F)c1. The molecule has 172 valence electrons. The smallest absolute Gasteiger partial charge is 0.416 e. The van der Waals surface area contributed by atoms with Gasteiger partial charge in [0.2, 0.25) is 11.8 Å². The van der Waals surface area contributed by atoms with Crippen LogP contribution in [0.25, 0.3) is 0 Å². The van der Waals surface area contributed by atoms with Gasteiger partial charge in [-0.15, -0.1) is 23.2 Å². The van der Waals surface area contributed by atoms with Gasteiger partial charge in [0, 0.05) is 5.69 Å². The van der Waals surface area contributed by atoms with Crippen molar-refractivity contribution in [3.63, 3.8) is 0 Å². The number of ether oxygens (including phenoxy) is 1. The second kappa shape index (κ2) is 8.22. The molecular formula is C20H17Cl2F3N2O5. The average Bonchev–Trinajstić information content (AvgIpc) is 3.33. The molecule has 3 aliphatic rings. The summed E-state index contributed by atoms with van der Waals surface area (Å²) in [5.74, 6) is -4.57. The summed E-state index contributed by atoms with van der Waals surface area (Å²) in [5.41, 5.74) is -1.07. The van der Waals surface area contributed by atoms with Crippen molar-refractivity contribution in [1.82, 2.24) is 4.90 Å². The van der Waals surface area contributed by atoms with E-state index in [0.717, 1.165) is 23.1 Å². The summed E-state index contributed by atoms with van der Waals surface area (Å²) in [7, 11) is 0. The molecule has 32 heavy (non-hydrogen) atoms. The van der Waals surface area contributed by atoms with Gasteiger partial charge in [-0.2, -0.15) is 13.2 Å². The van der Waals surface area contributed by atoms with Gasteiger partial charge < -0.3 is 10.1 Å². The molecule has 3 fully saturated rings. The quantitative estimate of drug-likeness (QED) is 0.387. The Morgan fingerprint density at radius 1 is 1.09 bits per heavy atom. The van der Waals surface area contributed by atoms with Crippen LogP contribution in [-0.2, 0) is 30.1 Å². The van der Waals surface area contributed by atoms with Crippen LogP contribution >= 0.6 is 23.2 Å². The molecule has 1 aromatic rings. The van der Waals surface area contributed by atoms with Crippen LogP contribution in [0.3, 0.4) is 0 Å². The highest BCUT2D eigenvalue weighted by molar-refractivity contribution is 6.31. The van der Waals surface area contributed by atoms with E-state index in [1.807, 2.05) is 0 Å². The lowest BCUT2D eigenvalue weighted by Gasteiger charge is -2.28. The number of hydrogen-bond donors (Lipinski definition) is 1. The van der Waals surface area contributed by atoms with Gasteiger partial charge >= 0.3 is 12.1 Å². The molecule has 12 heteroatoms. The van der Waals surface area contributed by atoms with E-state index in [9.17, 15) is 32.3 Å². The molecule has 2 aliphatic carbocycles. The average molecular weight is 493 g/mol. The maximum Gasteiger partial charge on any atom is 0.416 e. The first-order valence-corrected chi connectivity index (χ1v) is 10.6. The molecular weight excluding hydrogens is 476 g/mol. The van der Waals surface area contributed by atoms with Crippen molar-refractivity contribution in [1.29, 1.82) is 0 Å². The number of hydrogen-bond acceptors (Lipinski definition) is 5. The number of carbonyl (C=O) groups excluding carboxylic acids is 4. The van der Waals surface area contributed by atoms with Gasteiger partial charge in [0.15, 0.2) is 6.61 Å². The lowest BCUT2D eigenvalue weighted by atomic mass is 9.80. The summed E-state index contributed by atoms with van der Waals surface area (Å²) >= 11 is 12.5. The minimum absolute atomic E-state index is 0.125. The summed E-state index contributed by atoms with van der Waals surface area (Å²) in [6.07, 6.45) is -3.99. The zero-order chi connectivity index (χ0) is 23.4. The van der Waals surface area contributed by atoms with Crippen LogP contribution in [0.15, 0.2) is 24.3 Å². The molecule has 1 N–H and O–H groups in total. The number of carbonyl (C=O) groups is 4. The molecule has 1 heterocycles. The maximum absolute atomic E-state index is 12.7. The molecule has 0 radical (unpaired) electrons. The number of amides is 3. The van der Waals surface area contributed by atoms with Crippen LogP contribution in [0.1, 0.15) is 12.0 Å². The van der Waals surface area contributed by atoms with Crippen molar-refractivity contribution >= 4 is 52.6 Å². The van der Waals surface area contributed by atoms with Gasteiger partial charge in [0.1, 0.15) is 6.54 Å². The van der Waals surface area contributed by atoms with Crippen LogP contribution in [0, 0.1) is 23.7 Å². The van der Waals surface area contributed by atoms with Gasteiger partial charge in [-0.05, 0) is 36.5 Å². The number of benzene rings is 1. The first kappa shape index (κ1) is 22.8. The van der Waals surface area contributed by atoms with E-state index >= 15 is 0 Å². The molecule has 2 saturated carbocycles. The minimum Gasteiger partial charge on any atom is -0.454 e. The molecule has 1 aromatic carbocycles. The molecule has 0 unspecified atom stereocenters. The Morgan fingerprint density at radius 2 is 1.69 bits per heavy atom. The Bertz CT molecular complexity index is 956. The van der Waals surface area contributed by atoms with Gasteiger partial charge in [-0.25, -0.2) is 0 Å². The topological polar surface area (TPSA) is 92.8 Å². The first-order valence-electron chi connectivity index (χ1n) is 9.75. The van der Waals surface area contributed by atoms with Crippen LogP contribution in [0.2, 0.25) is 0 Å². The number of nitrogens with zero attached hydrogens (tertiary/aromatic N) is 1. The van der Waals surface area contributed by atoms with E-state index in [2.05, 4.69) is 5.32 Å². The summed E-state index contributed by atoms with van der Waals surface area (Å²) < 4.78 is 43.0. The standard InChI is InChI=1S/C20H17Cl2F3N2O5/c21-16-10-5-11(17(16)22)15-14(10)18(30)27(19(15)31)6-13(29)32-7-12(28)26-9-3-1-2-8(4-9)20(23,24)25/h1-4,10-11,14-17H,5-7H2,(H,26,28)/t10-,11-,14-,15-,16+,17+/m1/s1. The lowest BCUT2D eigenvalue weighted by molar-refractivity contribution is -0.154. The molecule has 6 atom stereocenters. The number of imide groups is 1. The molecule has 3 amide bonds. The number of likely N-dealkylation sites (tertiary alicyclic amines) is 1. The van der Waals surface area contributed by atoms with Crippen LogP contribution in [-0.4, -0.2) is 52.5 Å². The van der Waals surface area contributed by atoms with E-state index in [4.69, 9.17) is 27.9 Å². The third-order valence-electron chi connectivity index (χ3n) is 6.20. The first-order chi connectivity index (χ1) is 15.0. The van der Waals surface area contributed by atoms with Crippen molar-refractivity contribution in [2.24, 2.45) is 23.7 Å². The Hall–Kier alpha value is -2.33. The fourth-order valence-electron chi connectivity index (χ4n) is 4.86. The monoisotopic (exact) mass is 492 g/mol. The third-order valence-corrected chi connectivity index (χ3v) is 7.52. The largest absolute Gasteiger partial charge is 0.454 e. The van der Waals surface area contributed by atoms with E-state index in [0.29, 0.717) is 6.42 Å². The Morgan fingerprint density at radius 3 is 2.25 bits per heavy atom. The van der Waals surface area contributed by atoms with Crippen LogP contribution in [0.4, 0.5) is 18.9 Å². The van der Waals surface area contributed by atoms with Crippen molar-refractivity contribution < 1.29 is 37.1 Å². The predicted molar refractivity (Wildman–Crippen MR) is 106 cm³/mol. The van der Waals surface area contributed by atoms with E-state index in [-0.39, 0.29) is 17.5 Å². The van der Waals surface area contributed by atoms with E-state index < -0.39 is 71.2 Å². The maximum atomic E-state index is 12.7. The molecule has 1 saturated heterocycles. The fourth-order valence-corrected chi connectivity index (χ4v) is 5.75. The number of esters is 1. The van der Waals surface area contributed by atoms with Crippen molar-refractivity contribution in [2.45, 2.75) is 23.4 Å². The third kappa shape index (κ3) is 3.94. The fraction of sp³-hybridized carbons (Fsp3) is 0.500. The molecule has 2 bridgehead atoms.